The first-order chi connectivity index (χ1) is 10.1. The Morgan fingerprint density at radius 3 is 2.48 bits per heavy atom. The number of rotatable bonds is 4. The van der Waals surface area contributed by atoms with Crippen LogP contribution in [0, 0.1) is 0 Å². The molecule has 3 amide bonds. The van der Waals surface area contributed by atoms with Crippen LogP contribution in [-0.4, -0.2) is 54.5 Å². The molecular weight excluding hydrogens is 310 g/mol. The highest BCUT2D eigenvalue weighted by atomic mass is 35.5. The molecule has 0 saturated carbocycles. The molecule has 0 radical (unpaired) electrons. The zero-order valence-corrected chi connectivity index (χ0v) is 13.7. The van der Waals surface area contributed by atoms with E-state index in [-0.39, 0.29) is 11.9 Å². The van der Waals surface area contributed by atoms with Crippen LogP contribution >= 0.6 is 22.9 Å². The number of aryl methyl sites for hydroxylation is 1. The van der Waals surface area contributed by atoms with Crippen molar-refractivity contribution >= 4 is 34.9 Å². The van der Waals surface area contributed by atoms with Crippen molar-refractivity contribution in [3.8, 4) is 0 Å². The van der Waals surface area contributed by atoms with Crippen molar-refractivity contribution < 1.29 is 9.59 Å². The van der Waals surface area contributed by atoms with E-state index in [1.807, 2.05) is 24.0 Å². The van der Waals surface area contributed by atoms with E-state index in [2.05, 4.69) is 5.32 Å². The van der Waals surface area contributed by atoms with Gasteiger partial charge in [0.1, 0.15) is 0 Å². The number of halogens is 1. The molecule has 1 aromatic heterocycles. The van der Waals surface area contributed by atoms with Gasteiger partial charge in [-0.1, -0.05) is 11.6 Å². The van der Waals surface area contributed by atoms with Crippen LogP contribution in [0.15, 0.2) is 12.1 Å². The van der Waals surface area contributed by atoms with Gasteiger partial charge in [0.05, 0.1) is 4.34 Å². The molecule has 0 atom stereocenters. The SMILES string of the molecule is CCNC(=O)N1CCN(C(=O)CCc2ccc(Cl)s2)CC1. The topological polar surface area (TPSA) is 52.7 Å². The molecule has 116 valence electrons. The zero-order valence-electron chi connectivity index (χ0n) is 12.1. The van der Waals surface area contributed by atoms with Crippen molar-refractivity contribution in [2.75, 3.05) is 32.7 Å². The minimum atomic E-state index is -0.0437. The molecule has 21 heavy (non-hydrogen) atoms. The van der Waals surface area contributed by atoms with Gasteiger partial charge in [-0.2, -0.15) is 0 Å². The predicted octanol–water partition coefficient (Wildman–Crippen LogP) is 2.21. The Balaban J connectivity index is 1.74. The molecule has 1 saturated heterocycles. The lowest BCUT2D eigenvalue weighted by molar-refractivity contribution is -0.132. The van der Waals surface area contributed by atoms with Gasteiger partial charge in [-0.05, 0) is 25.5 Å². The van der Waals surface area contributed by atoms with Crippen LogP contribution < -0.4 is 5.32 Å². The number of hydrogen-bond donors (Lipinski definition) is 1. The van der Waals surface area contributed by atoms with Crippen LogP contribution in [0.2, 0.25) is 4.34 Å². The second kappa shape index (κ2) is 7.66. The first kappa shape index (κ1) is 16.1. The van der Waals surface area contributed by atoms with Crippen molar-refractivity contribution in [2.24, 2.45) is 0 Å². The second-order valence-electron chi connectivity index (χ2n) is 4.91. The predicted molar refractivity (Wildman–Crippen MR) is 84.9 cm³/mol. The summed E-state index contributed by atoms with van der Waals surface area (Å²) in [6.45, 7) is 4.95. The average Bonchev–Trinajstić information content (AvgIpc) is 2.91. The fourth-order valence-corrected chi connectivity index (χ4v) is 3.38. The number of nitrogens with one attached hydrogen (secondary N) is 1. The van der Waals surface area contributed by atoms with Crippen molar-refractivity contribution in [1.82, 2.24) is 15.1 Å². The average molecular weight is 330 g/mol. The highest BCUT2D eigenvalue weighted by Gasteiger charge is 2.23. The Morgan fingerprint density at radius 2 is 1.90 bits per heavy atom. The van der Waals surface area contributed by atoms with E-state index >= 15 is 0 Å². The van der Waals surface area contributed by atoms with E-state index in [1.165, 1.54) is 11.3 Å². The van der Waals surface area contributed by atoms with E-state index in [1.54, 1.807) is 4.90 Å². The molecule has 0 aromatic carbocycles. The number of amides is 3. The molecule has 1 aliphatic rings. The number of carbonyl (C=O) groups is 2. The third-order valence-electron chi connectivity index (χ3n) is 3.46. The zero-order chi connectivity index (χ0) is 15.2. The molecule has 1 aliphatic heterocycles. The normalized spacial score (nSPS) is 15.1. The highest BCUT2D eigenvalue weighted by molar-refractivity contribution is 7.16. The maximum atomic E-state index is 12.2. The quantitative estimate of drug-likeness (QED) is 0.920. The third-order valence-corrected chi connectivity index (χ3v) is 4.75. The molecule has 1 aromatic rings. The highest BCUT2D eigenvalue weighted by Crippen LogP contribution is 2.22. The molecule has 1 fully saturated rings. The van der Waals surface area contributed by atoms with Gasteiger partial charge in [-0.15, -0.1) is 11.3 Å². The lowest BCUT2D eigenvalue weighted by Crippen LogP contribution is -2.53. The van der Waals surface area contributed by atoms with Crippen LogP contribution in [0.5, 0.6) is 0 Å². The van der Waals surface area contributed by atoms with Gasteiger partial charge in [-0.3, -0.25) is 4.79 Å². The molecule has 0 aliphatic carbocycles. The minimum absolute atomic E-state index is 0.0437. The summed E-state index contributed by atoms with van der Waals surface area (Å²) in [5, 5.41) is 2.78. The van der Waals surface area contributed by atoms with Gasteiger partial charge in [0.15, 0.2) is 0 Å². The molecular formula is C14H20ClN3O2S. The van der Waals surface area contributed by atoms with E-state index in [4.69, 9.17) is 11.6 Å². The summed E-state index contributed by atoms with van der Waals surface area (Å²) in [6, 6.07) is 3.78. The second-order valence-corrected chi connectivity index (χ2v) is 6.71. The van der Waals surface area contributed by atoms with Gasteiger partial charge in [0, 0.05) is 44.0 Å². The third kappa shape index (κ3) is 4.61. The molecule has 0 spiro atoms. The number of piperazine rings is 1. The molecule has 0 bridgehead atoms. The minimum Gasteiger partial charge on any atom is -0.339 e. The Kier molecular flexibility index (Phi) is 5.87. The lowest BCUT2D eigenvalue weighted by Gasteiger charge is -2.34. The summed E-state index contributed by atoms with van der Waals surface area (Å²) in [5.41, 5.74) is 0. The fraction of sp³-hybridized carbons (Fsp3) is 0.571. The summed E-state index contributed by atoms with van der Waals surface area (Å²) in [7, 11) is 0. The van der Waals surface area contributed by atoms with Crippen molar-refractivity contribution in [3.63, 3.8) is 0 Å². The Labute approximate surface area is 133 Å². The van der Waals surface area contributed by atoms with Crippen LogP contribution in [-0.2, 0) is 11.2 Å². The largest absolute Gasteiger partial charge is 0.339 e. The van der Waals surface area contributed by atoms with Crippen molar-refractivity contribution in [1.29, 1.82) is 0 Å². The van der Waals surface area contributed by atoms with E-state index in [0.717, 1.165) is 15.6 Å². The number of hydrogen-bond acceptors (Lipinski definition) is 3. The summed E-state index contributed by atoms with van der Waals surface area (Å²) >= 11 is 7.40. The lowest BCUT2D eigenvalue weighted by atomic mass is 10.2. The monoisotopic (exact) mass is 329 g/mol. The van der Waals surface area contributed by atoms with Crippen LogP contribution in [0.25, 0.3) is 0 Å². The molecule has 2 rings (SSSR count). The number of thiophene rings is 1. The van der Waals surface area contributed by atoms with Gasteiger partial charge in [0.2, 0.25) is 5.91 Å². The van der Waals surface area contributed by atoms with Gasteiger partial charge in [-0.25, -0.2) is 4.79 Å². The first-order valence-electron chi connectivity index (χ1n) is 7.15. The van der Waals surface area contributed by atoms with E-state index < -0.39 is 0 Å². The molecule has 7 heteroatoms. The Morgan fingerprint density at radius 1 is 1.24 bits per heavy atom. The maximum absolute atomic E-state index is 12.2. The van der Waals surface area contributed by atoms with E-state index in [0.29, 0.717) is 39.1 Å². The molecule has 0 unspecified atom stereocenters. The summed E-state index contributed by atoms with van der Waals surface area (Å²) < 4.78 is 0.757. The number of carbonyl (C=O) groups excluding carboxylic acids is 2. The fourth-order valence-electron chi connectivity index (χ4n) is 2.30. The molecule has 1 N–H and O–H groups in total. The summed E-state index contributed by atoms with van der Waals surface area (Å²) in [6.07, 6.45) is 1.23. The summed E-state index contributed by atoms with van der Waals surface area (Å²) in [4.78, 5) is 28.6. The maximum Gasteiger partial charge on any atom is 0.317 e. The molecule has 2 heterocycles. The van der Waals surface area contributed by atoms with Crippen molar-refractivity contribution in [3.05, 3.63) is 21.3 Å². The van der Waals surface area contributed by atoms with Gasteiger partial charge in [0.25, 0.3) is 0 Å². The van der Waals surface area contributed by atoms with Crippen LogP contribution in [0.3, 0.4) is 0 Å². The van der Waals surface area contributed by atoms with Crippen LogP contribution in [0.4, 0.5) is 4.79 Å². The van der Waals surface area contributed by atoms with Crippen molar-refractivity contribution in [2.45, 2.75) is 19.8 Å². The van der Waals surface area contributed by atoms with Gasteiger partial charge < -0.3 is 15.1 Å². The van der Waals surface area contributed by atoms with Crippen LogP contribution in [0.1, 0.15) is 18.2 Å². The first-order valence-corrected chi connectivity index (χ1v) is 8.34. The Hall–Kier alpha value is -1.27. The summed E-state index contributed by atoms with van der Waals surface area (Å²) in [5.74, 6) is 0.148. The standard InChI is InChI=1S/C14H20ClN3O2S/c1-2-16-14(20)18-9-7-17(8-10-18)13(19)6-4-11-3-5-12(15)21-11/h3,5H,2,4,6-10H2,1H3,(H,16,20). The molecule has 5 nitrogen and oxygen atoms in total. The number of urea groups is 1. The van der Waals surface area contributed by atoms with E-state index in [9.17, 15) is 9.59 Å². The number of nitrogens with zero attached hydrogens (tertiary/aromatic N) is 2. The smallest absolute Gasteiger partial charge is 0.317 e. The van der Waals surface area contributed by atoms with Gasteiger partial charge >= 0.3 is 6.03 Å². The Bertz CT molecular complexity index is 498.